The summed E-state index contributed by atoms with van der Waals surface area (Å²) in [7, 11) is 0. The summed E-state index contributed by atoms with van der Waals surface area (Å²) in [5.41, 5.74) is 0.874. The van der Waals surface area contributed by atoms with Gasteiger partial charge in [-0.15, -0.1) is 0 Å². The van der Waals surface area contributed by atoms with Gasteiger partial charge in [0.05, 0.1) is 21.7 Å². The molecule has 0 saturated carbocycles. The van der Waals surface area contributed by atoms with Crippen LogP contribution in [0.1, 0.15) is 23.7 Å². The second kappa shape index (κ2) is 8.25. The van der Waals surface area contributed by atoms with Gasteiger partial charge < -0.3 is 0 Å². The number of aromatic nitrogens is 2. The molecule has 0 N–H and O–H groups in total. The van der Waals surface area contributed by atoms with Gasteiger partial charge in [0.15, 0.2) is 10.9 Å². The van der Waals surface area contributed by atoms with Crippen LogP contribution >= 0.6 is 35.0 Å². The fourth-order valence-corrected chi connectivity index (χ4v) is 3.92. The van der Waals surface area contributed by atoms with E-state index in [-0.39, 0.29) is 17.1 Å². The topological polar surface area (TPSA) is 52.0 Å². The molecule has 0 aliphatic heterocycles. The van der Waals surface area contributed by atoms with Crippen LogP contribution in [0.15, 0.2) is 52.4 Å². The van der Waals surface area contributed by atoms with E-state index in [9.17, 15) is 9.59 Å². The molecule has 134 valence electrons. The SMILES string of the molecule is CCCn1c(SCC(=O)c2ccccc2Cl)nc2cc(Cl)ccc2c1=O. The Morgan fingerprint density at radius 1 is 1.19 bits per heavy atom. The van der Waals surface area contributed by atoms with Gasteiger partial charge in [-0.05, 0) is 36.8 Å². The number of benzene rings is 2. The molecule has 0 aliphatic carbocycles. The van der Waals surface area contributed by atoms with E-state index in [1.54, 1.807) is 47.0 Å². The third-order valence-electron chi connectivity index (χ3n) is 3.84. The van der Waals surface area contributed by atoms with Gasteiger partial charge in [0.25, 0.3) is 5.56 Å². The quantitative estimate of drug-likeness (QED) is 0.325. The fourth-order valence-electron chi connectivity index (χ4n) is 2.60. The first-order chi connectivity index (χ1) is 12.5. The minimum Gasteiger partial charge on any atom is -0.293 e. The van der Waals surface area contributed by atoms with E-state index in [4.69, 9.17) is 23.2 Å². The first-order valence-electron chi connectivity index (χ1n) is 8.12. The van der Waals surface area contributed by atoms with Crippen LogP contribution in [0.25, 0.3) is 10.9 Å². The normalized spacial score (nSPS) is 11.0. The van der Waals surface area contributed by atoms with Crippen LogP contribution in [0.2, 0.25) is 10.0 Å². The molecule has 0 spiro atoms. The Bertz CT molecular complexity index is 1030. The maximum Gasteiger partial charge on any atom is 0.262 e. The summed E-state index contributed by atoms with van der Waals surface area (Å²) in [5, 5.41) is 1.96. The Balaban J connectivity index is 1.96. The predicted octanol–water partition coefficient (Wildman–Crippen LogP) is 5.09. The lowest BCUT2D eigenvalue weighted by Gasteiger charge is -2.12. The summed E-state index contributed by atoms with van der Waals surface area (Å²) in [6.45, 7) is 2.52. The average Bonchev–Trinajstić information content (AvgIpc) is 2.62. The monoisotopic (exact) mass is 406 g/mol. The van der Waals surface area contributed by atoms with Crippen molar-refractivity contribution in [2.75, 3.05) is 5.75 Å². The predicted molar refractivity (Wildman–Crippen MR) is 108 cm³/mol. The fraction of sp³-hybridized carbons (Fsp3) is 0.211. The van der Waals surface area contributed by atoms with Gasteiger partial charge in [0, 0.05) is 17.1 Å². The van der Waals surface area contributed by atoms with Crippen LogP contribution in [0.3, 0.4) is 0 Å². The van der Waals surface area contributed by atoms with Crippen molar-refractivity contribution in [1.82, 2.24) is 9.55 Å². The third kappa shape index (κ3) is 3.95. The lowest BCUT2D eigenvalue weighted by atomic mass is 10.1. The van der Waals surface area contributed by atoms with Crippen LogP contribution in [-0.4, -0.2) is 21.1 Å². The molecule has 0 unspecified atom stereocenters. The van der Waals surface area contributed by atoms with Gasteiger partial charge in [-0.1, -0.05) is 54.0 Å². The minimum atomic E-state index is -0.124. The summed E-state index contributed by atoms with van der Waals surface area (Å²) in [6, 6.07) is 11.9. The van der Waals surface area contributed by atoms with Gasteiger partial charge in [0.1, 0.15) is 0 Å². The van der Waals surface area contributed by atoms with Crippen molar-refractivity contribution in [1.29, 1.82) is 0 Å². The van der Waals surface area contributed by atoms with Crippen molar-refractivity contribution < 1.29 is 4.79 Å². The molecule has 7 heteroatoms. The van der Waals surface area contributed by atoms with Crippen molar-refractivity contribution in [2.24, 2.45) is 0 Å². The summed E-state index contributed by atoms with van der Waals surface area (Å²) in [5.74, 6) is 0.0375. The number of hydrogen-bond acceptors (Lipinski definition) is 4. The van der Waals surface area contributed by atoms with Crippen molar-refractivity contribution >= 4 is 51.6 Å². The first kappa shape index (κ1) is 19.0. The van der Waals surface area contributed by atoms with E-state index in [0.717, 1.165) is 6.42 Å². The molecule has 0 saturated heterocycles. The summed E-state index contributed by atoms with van der Waals surface area (Å²) in [4.78, 5) is 29.8. The lowest BCUT2D eigenvalue weighted by Crippen LogP contribution is -2.23. The molecule has 26 heavy (non-hydrogen) atoms. The van der Waals surface area contributed by atoms with E-state index in [0.29, 0.717) is 38.2 Å². The van der Waals surface area contributed by atoms with Crippen LogP contribution < -0.4 is 5.56 Å². The largest absolute Gasteiger partial charge is 0.293 e. The molecule has 0 amide bonds. The highest BCUT2D eigenvalue weighted by molar-refractivity contribution is 7.99. The molecule has 0 atom stereocenters. The number of carbonyl (C=O) groups excluding carboxylic acids is 1. The minimum absolute atomic E-state index is 0.107. The molecular weight excluding hydrogens is 391 g/mol. The Morgan fingerprint density at radius 3 is 2.69 bits per heavy atom. The van der Waals surface area contributed by atoms with Crippen molar-refractivity contribution in [2.45, 2.75) is 25.0 Å². The standard InChI is InChI=1S/C19H16Cl2N2O2S/c1-2-9-23-18(25)14-8-7-12(20)10-16(14)22-19(23)26-11-17(24)13-5-3-4-6-15(13)21/h3-8,10H,2,9,11H2,1H3. The summed E-state index contributed by atoms with van der Waals surface area (Å²) in [6.07, 6.45) is 0.784. The van der Waals surface area contributed by atoms with Gasteiger partial charge in [-0.2, -0.15) is 0 Å². The number of carbonyl (C=O) groups is 1. The highest BCUT2D eigenvalue weighted by Crippen LogP contribution is 2.23. The molecule has 4 nitrogen and oxygen atoms in total. The molecule has 0 radical (unpaired) electrons. The Kier molecular flexibility index (Phi) is 6.01. The molecule has 1 heterocycles. The molecule has 0 aliphatic rings. The van der Waals surface area contributed by atoms with E-state index in [1.165, 1.54) is 11.8 Å². The van der Waals surface area contributed by atoms with Crippen LogP contribution in [0.4, 0.5) is 0 Å². The number of ketones is 1. The Labute approximate surface area is 165 Å². The van der Waals surface area contributed by atoms with E-state index in [1.807, 2.05) is 6.92 Å². The number of rotatable bonds is 6. The number of hydrogen-bond donors (Lipinski definition) is 0. The number of nitrogens with zero attached hydrogens (tertiary/aromatic N) is 2. The molecule has 0 bridgehead atoms. The van der Waals surface area contributed by atoms with Crippen molar-refractivity contribution in [3.05, 3.63) is 68.4 Å². The number of halogens is 2. The Morgan fingerprint density at radius 2 is 1.96 bits per heavy atom. The van der Waals surface area contributed by atoms with Gasteiger partial charge in [0.2, 0.25) is 0 Å². The van der Waals surface area contributed by atoms with Crippen LogP contribution in [-0.2, 0) is 6.54 Å². The summed E-state index contributed by atoms with van der Waals surface area (Å²) < 4.78 is 1.61. The van der Waals surface area contributed by atoms with Crippen molar-refractivity contribution in [3.63, 3.8) is 0 Å². The average molecular weight is 407 g/mol. The maximum atomic E-state index is 12.8. The molecule has 1 aromatic heterocycles. The van der Waals surface area contributed by atoms with E-state index in [2.05, 4.69) is 4.98 Å². The van der Waals surface area contributed by atoms with E-state index >= 15 is 0 Å². The molecular formula is C19H16Cl2N2O2S. The first-order valence-corrected chi connectivity index (χ1v) is 9.86. The third-order valence-corrected chi connectivity index (χ3v) is 5.38. The molecule has 3 rings (SSSR count). The zero-order valence-corrected chi connectivity index (χ0v) is 16.4. The van der Waals surface area contributed by atoms with Gasteiger partial charge in [-0.3, -0.25) is 14.2 Å². The number of Topliss-reactive ketones (excluding diaryl/α,β-unsaturated/α-hetero) is 1. The second-order valence-electron chi connectivity index (χ2n) is 5.70. The van der Waals surface area contributed by atoms with Crippen LogP contribution in [0, 0.1) is 0 Å². The Hall–Kier alpha value is -1.82. The molecule has 2 aromatic carbocycles. The van der Waals surface area contributed by atoms with Gasteiger partial charge in [-0.25, -0.2) is 4.98 Å². The highest BCUT2D eigenvalue weighted by atomic mass is 35.5. The zero-order valence-electron chi connectivity index (χ0n) is 14.0. The lowest BCUT2D eigenvalue weighted by molar-refractivity contribution is 0.102. The molecule has 3 aromatic rings. The summed E-state index contributed by atoms with van der Waals surface area (Å²) >= 11 is 13.3. The second-order valence-corrected chi connectivity index (χ2v) is 7.49. The molecule has 0 fully saturated rings. The highest BCUT2D eigenvalue weighted by Gasteiger charge is 2.15. The maximum absolute atomic E-state index is 12.8. The van der Waals surface area contributed by atoms with E-state index < -0.39 is 0 Å². The number of thioether (sulfide) groups is 1. The number of fused-ring (bicyclic) bond motifs is 1. The zero-order chi connectivity index (χ0) is 18.7. The van der Waals surface area contributed by atoms with Crippen molar-refractivity contribution in [3.8, 4) is 0 Å². The smallest absolute Gasteiger partial charge is 0.262 e. The van der Waals surface area contributed by atoms with Gasteiger partial charge >= 0.3 is 0 Å². The van der Waals surface area contributed by atoms with Crippen LogP contribution in [0.5, 0.6) is 0 Å².